The fraction of sp³-hybridized carbons (Fsp3) is 0.167. The van der Waals surface area contributed by atoms with Crippen molar-refractivity contribution in [2.24, 2.45) is 5.73 Å². The molecule has 0 fully saturated rings. The van der Waals surface area contributed by atoms with Crippen LogP contribution in [0.15, 0.2) is 42.5 Å². The Labute approximate surface area is 141 Å². The second kappa shape index (κ2) is 7.94. The number of rotatable bonds is 5. The molecule has 25 heavy (non-hydrogen) atoms. The van der Waals surface area contributed by atoms with E-state index in [-0.39, 0.29) is 23.1 Å². The second-order valence-electron chi connectivity index (χ2n) is 5.23. The summed E-state index contributed by atoms with van der Waals surface area (Å²) in [6, 6.07) is 4.51. The number of methoxy groups -OCH3 is 1. The van der Waals surface area contributed by atoms with Crippen molar-refractivity contribution in [2.75, 3.05) is 7.11 Å². The maximum absolute atomic E-state index is 14.1. The van der Waals surface area contributed by atoms with Crippen LogP contribution in [0.3, 0.4) is 0 Å². The van der Waals surface area contributed by atoms with Crippen molar-refractivity contribution in [1.82, 2.24) is 0 Å². The Balaban J connectivity index is 2.53. The van der Waals surface area contributed by atoms with Gasteiger partial charge < -0.3 is 10.5 Å². The molecule has 0 spiro atoms. The summed E-state index contributed by atoms with van der Waals surface area (Å²) in [7, 11) is 1.16. The average molecular weight is 353 g/mol. The van der Waals surface area contributed by atoms with E-state index in [1.54, 1.807) is 0 Å². The Morgan fingerprint density at radius 1 is 1.04 bits per heavy atom. The van der Waals surface area contributed by atoms with Crippen LogP contribution >= 0.6 is 0 Å². The SMILES string of the molecule is COC(=O)C(N)CC=C(c1ccc(F)cc1F)c1ccc(F)cc1F. The van der Waals surface area contributed by atoms with Crippen LogP contribution in [0.25, 0.3) is 5.57 Å². The highest BCUT2D eigenvalue weighted by atomic mass is 19.1. The zero-order valence-electron chi connectivity index (χ0n) is 13.2. The minimum Gasteiger partial charge on any atom is -0.468 e. The van der Waals surface area contributed by atoms with Gasteiger partial charge in [0.2, 0.25) is 0 Å². The monoisotopic (exact) mass is 353 g/mol. The number of nitrogens with two attached hydrogens (primary N) is 1. The molecule has 7 heteroatoms. The molecular weight excluding hydrogens is 338 g/mol. The molecule has 2 aromatic rings. The third-order valence-corrected chi connectivity index (χ3v) is 3.52. The summed E-state index contributed by atoms with van der Waals surface area (Å²) >= 11 is 0. The highest BCUT2D eigenvalue weighted by Crippen LogP contribution is 2.29. The number of hydrogen-bond acceptors (Lipinski definition) is 3. The van der Waals surface area contributed by atoms with Crippen LogP contribution in [-0.4, -0.2) is 19.1 Å². The molecular formula is C18H15F4NO2. The van der Waals surface area contributed by atoms with Crippen molar-refractivity contribution < 1.29 is 27.1 Å². The molecule has 0 aliphatic rings. The first-order valence-electron chi connectivity index (χ1n) is 7.28. The van der Waals surface area contributed by atoms with Crippen molar-refractivity contribution in [3.8, 4) is 0 Å². The Kier molecular flexibility index (Phi) is 5.93. The van der Waals surface area contributed by atoms with Gasteiger partial charge in [-0.05, 0) is 36.3 Å². The molecule has 0 bridgehead atoms. The van der Waals surface area contributed by atoms with Crippen LogP contribution in [0.4, 0.5) is 17.6 Å². The Hall–Kier alpha value is -2.67. The molecule has 0 aliphatic carbocycles. The molecule has 3 nitrogen and oxygen atoms in total. The van der Waals surface area contributed by atoms with Gasteiger partial charge in [0.15, 0.2) is 0 Å². The lowest BCUT2D eigenvalue weighted by molar-refractivity contribution is -0.142. The first-order valence-corrected chi connectivity index (χ1v) is 7.28. The van der Waals surface area contributed by atoms with E-state index in [1.165, 1.54) is 6.08 Å². The maximum atomic E-state index is 14.1. The normalized spacial score (nSPS) is 11.8. The van der Waals surface area contributed by atoms with Crippen molar-refractivity contribution >= 4 is 11.5 Å². The molecule has 2 aromatic carbocycles. The van der Waals surface area contributed by atoms with Gasteiger partial charge in [0, 0.05) is 23.3 Å². The molecule has 0 heterocycles. The van der Waals surface area contributed by atoms with Gasteiger partial charge in [-0.2, -0.15) is 0 Å². The van der Waals surface area contributed by atoms with Gasteiger partial charge >= 0.3 is 5.97 Å². The molecule has 0 saturated heterocycles. The minimum atomic E-state index is -1.05. The van der Waals surface area contributed by atoms with Gasteiger partial charge in [0.05, 0.1) is 7.11 Å². The lowest BCUT2D eigenvalue weighted by Crippen LogP contribution is -2.30. The molecule has 0 aromatic heterocycles. The van der Waals surface area contributed by atoms with Crippen molar-refractivity contribution in [3.05, 3.63) is 76.9 Å². The van der Waals surface area contributed by atoms with Gasteiger partial charge in [-0.25, -0.2) is 17.6 Å². The Morgan fingerprint density at radius 3 is 1.92 bits per heavy atom. The third kappa shape index (κ3) is 4.45. The summed E-state index contributed by atoms with van der Waals surface area (Å²) in [5, 5.41) is 0. The summed E-state index contributed by atoms with van der Waals surface area (Å²) < 4.78 is 59.1. The summed E-state index contributed by atoms with van der Waals surface area (Å²) in [4.78, 5) is 11.4. The summed E-state index contributed by atoms with van der Waals surface area (Å²) in [5.41, 5.74) is 5.44. The fourth-order valence-electron chi connectivity index (χ4n) is 2.27. The molecule has 0 saturated carbocycles. The molecule has 0 aliphatic heterocycles. The first kappa shape index (κ1) is 18.7. The number of carbonyl (C=O) groups excluding carboxylic acids is 1. The molecule has 0 radical (unpaired) electrons. The van der Waals surface area contributed by atoms with Gasteiger partial charge in [0.1, 0.15) is 29.3 Å². The van der Waals surface area contributed by atoms with E-state index >= 15 is 0 Å². The van der Waals surface area contributed by atoms with Gasteiger partial charge in [-0.3, -0.25) is 4.79 Å². The predicted molar refractivity (Wildman–Crippen MR) is 84.4 cm³/mol. The number of esters is 1. The largest absolute Gasteiger partial charge is 0.468 e. The molecule has 2 N–H and O–H groups in total. The first-order chi connectivity index (χ1) is 11.8. The van der Waals surface area contributed by atoms with E-state index in [2.05, 4.69) is 4.74 Å². The zero-order chi connectivity index (χ0) is 18.6. The summed E-state index contributed by atoms with van der Waals surface area (Å²) in [6.07, 6.45) is 1.24. The number of ether oxygens (including phenoxy) is 1. The van der Waals surface area contributed by atoms with Crippen LogP contribution < -0.4 is 5.73 Å². The van der Waals surface area contributed by atoms with Crippen molar-refractivity contribution in [2.45, 2.75) is 12.5 Å². The number of halogens is 4. The minimum absolute atomic E-state index is 0.0225. The molecule has 0 amide bonds. The second-order valence-corrected chi connectivity index (χ2v) is 5.23. The number of hydrogen-bond donors (Lipinski definition) is 1. The Bertz CT molecular complexity index is 767. The lowest BCUT2D eigenvalue weighted by Gasteiger charge is -2.13. The standard InChI is InChI=1S/C18H15F4NO2/c1-25-18(24)17(23)7-6-12(13-4-2-10(19)8-15(13)21)14-5-3-11(20)9-16(14)22/h2-6,8-9,17H,7,23H2,1H3. The van der Waals surface area contributed by atoms with Gasteiger partial charge in [-0.15, -0.1) is 0 Å². The molecule has 132 valence electrons. The van der Waals surface area contributed by atoms with Crippen LogP contribution in [0, 0.1) is 23.3 Å². The quantitative estimate of drug-likeness (QED) is 0.661. The highest BCUT2D eigenvalue weighted by molar-refractivity contribution is 5.81. The van der Waals surface area contributed by atoms with Gasteiger partial charge in [-0.1, -0.05) is 6.08 Å². The summed E-state index contributed by atoms with van der Waals surface area (Å²) in [6.45, 7) is 0. The average Bonchev–Trinajstić information content (AvgIpc) is 2.56. The molecule has 1 atom stereocenters. The topological polar surface area (TPSA) is 52.3 Å². The van der Waals surface area contributed by atoms with E-state index in [9.17, 15) is 22.4 Å². The zero-order valence-corrected chi connectivity index (χ0v) is 13.2. The molecule has 2 rings (SSSR count). The third-order valence-electron chi connectivity index (χ3n) is 3.52. The summed E-state index contributed by atoms with van der Waals surface area (Å²) in [5.74, 6) is -4.16. The van der Waals surface area contributed by atoms with Crippen molar-refractivity contribution in [3.63, 3.8) is 0 Å². The Morgan fingerprint density at radius 2 is 1.52 bits per heavy atom. The van der Waals surface area contributed by atoms with E-state index in [0.29, 0.717) is 12.1 Å². The van der Waals surface area contributed by atoms with E-state index in [0.717, 1.165) is 31.4 Å². The number of carbonyl (C=O) groups is 1. The van der Waals surface area contributed by atoms with Crippen molar-refractivity contribution in [1.29, 1.82) is 0 Å². The number of benzene rings is 2. The predicted octanol–water partition coefficient (Wildman–Crippen LogP) is 3.57. The molecule has 1 unspecified atom stereocenters. The lowest BCUT2D eigenvalue weighted by atomic mass is 9.95. The van der Waals surface area contributed by atoms with Crippen LogP contribution in [0.2, 0.25) is 0 Å². The van der Waals surface area contributed by atoms with Crippen LogP contribution in [-0.2, 0) is 9.53 Å². The van der Waals surface area contributed by atoms with E-state index in [1.807, 2.05) is 0 Å². The van der Waals surface area contributed by atoms with Crippen LogP contribution in [0.5, 0.6) is 0 Å². The van der Waals surface area contributed by atoms with Crippen LogP contribution in [0.1, 0.15) is 17.5 Å². The smallest absolute Gasteiger partial charge is 0.322 e. The maximum Gasteiger partial charge on any atom is 0.322 e. The van der Waals surface area contributed by atoms with E-state index < -0.39 is 35.3 Å². The fourth-order valence-corrected chi connectivity index (χ4v) is 2.27. The van der Waals surface area contributed by atoms with Gasteiger partial charge in [0.25, 0.3) is 0 Å². The van der Waals surface area contributed by atoms with E-state index in [4.69, 9.17) is 5.73 Å². The highest BCUT2D eigenvalue weighted by Gasteiger charge is 2.18.